The van der Waals surface area contributed by atoms with Crippen LogP contribution in [0.5, 0.6) is 0 Å². The summed E-state index contributed by atoms with van der Waals surface area (Å²) in [6.45, 7) is 6.82. The number of benzene rings is 2. The normalized spacial score (nSPS) is 14.3. The average Bonchev–Trinajstić information content (AvgIpc) is 3.28. The van der Waals surface area contributed by atoms with E-state index in [-0.39, 0.29) is 11.8 Å². The standard InChI is InChI=1S/C25H25ClN6O/c1-17(2)22-28-23(21-16-27-32(24(21)29-22)20-6-4-3-5-7-20)30-12-14-31(15-13-30)25(33)18-8-10-19(26)11-9-18/h3-11,16-17H,12-15H2,1-2H3. The molecule has 1 fully saturated rings. The van der Waals surface area contributed by atoms with Gasteiger partial charge in [-0.15, -0.1) is 0 Å². The summed E-state index contributed by atoms with van der Waals surface area (Å²) in [5, 5.41) is 6.17. The van der Waals surface area contributed by atoms with E-state index in [1.54, 1.807) is 24.3 Å². The number of fused-ring (bicyclic) bond motifs is 1. The first kappa shape index (κ1) is 21.4. The van der Waals surface area contributed by atoms with E-state index in [9.17, 15) is 4.79 Å². The number of hydrogen-bond acceptors (Lipinski definition) is 5. The van der Waals surface area contributed by atoms with Crippen molar-refractivity contribution in [2.24, 2.45) is 0 Å². The quantitative estimate of drug-likeness (QED) is 0.446. The van der Waals surface area contributed by atoms with Crippen molar-refractivity contribution in [3.63, 3.8) is 0 Å². The maximum Gasteiger partial charge on any atom is 0.253 e. The van der Waals surface area contributed by atoms with Gasteiger partial charge in [0.25, 0.3) is 5.91 Å². The van der Waals surface area contributed by atoms with E-state index in [4.69, 9.17) is 21.6 Å². The van der Waals surface area contributed by atoms with Crippen LogP contribution in [0.3, 0.4) is 0 Å². The van der Waals surface area contributed by atoms with Gasteiger partial charge in [0.1, 0.15) is 11.6 Å². The topological polar surface area (TPSA) is 67.2 Å². The fourth-order valence-corrected chi connectivity index (χ4v) is 4.19. The minimum Gasteiger partial charge on any atom is -0.352 e. The molecular formula is C25H25ClN6O. The molecule has 0 spiro atoms. The Morgan fingerprint density at radius 3 is 2.30 bits per heavy atom. The minimum atomic E-state index is 0.0268. The maximum atomic E-state index is 12.9. The van der Waals surface area contributed by atoms with Crippen LogP contribution in [0.2, 0.25) is 5.02 Å². The summed E-state index contributed by atoms with van der Waals surface area (Å²) in [5.74, 6) is 1.87. The van der Waals surface area contributed by atoms with E-state index >= 15 is 0 Å². The van der Waals surface area contributed by atoms with Gasteiger partial charge in [-0.3, -0.25) is 4.79 Å². The first-order valence-electron chi connectivity index (χ1n) is 11.1. The zero-order valence-electron chi connectivity index (χ0n) is 18.6. The highest BCUT2D eigenvalue weighted by atomic mass is 35.5. The number of aromatic nitrogens is 4. The van der Waals surface area contributed by atoms with Crippen LogP contribution >= 0.6 is 11.6 Å². The molecule has 0 saturated carbocycles. The number of piperazine rings is 1. The van der Waals surface area contributed by atoms with Crippen LogP contribution in [0.1, 0.15) is 35.9 Å². The Kier molecular flexibility index (Phi) is 5.72. The fraction of sp³-hybridized carbons (Fsp3) is 0.280. The third-order valence-corrected chi connectivity index (χ3v) is 6.15. The van der Waals surface area contributed by atoms with Crippen molar-refractivity contribution < 1.29 is 4.79 Å². The number of para-hydroxylation sites is 1. The molecule has 3 heterocycles. The largest absolute Gasteiger partial charge is 0.352 e. The van der Waals surface area contributed by atoms with Crippen LogP contribution in [0.4, 0.5) is 5.82 Å². The van der Waals surface area contributed by atoms with Crippen molar-refractivity contribution >= 4 is 34.4 Å². The van der Waals surface area contributed by atoms with E-state index in [1.807, 2.05) is 46.1 Å². The lowest BCUT2D eigenvalue weighted by Gasteiger charge is -2.35. The third kappa shape index (κ3) is 4.16. The van der Waals surface area contributed by atoms with Gasteiger partial charge in [0.05, 0.1) is 17.3 Å². The van der Waals surface area contributed by atoms with Gasteiger partial charge in [0, 0.05) is 42.7 Å². The number of carbonyl (C=O) groups excluding carboxylic acids is 1. The van der Waals surface area contributed by atoms with Gasteiger partial charge in [-0.05, 0) is 36.4 Å². The highest BCUT2D eigenvalue weighted by Crippen LogP contribution is 2.28. The average molecular weight is 461 g/mol. The molecule has 1 amide bonds. The molecule has 2 aromatic carbocycles. The molecule has 5 rings (SSSR count). The van der Waals surface area contributed by atoms with Crippen LogP contribution in [0.25, 0.3) is 16.7 Å². The first-order valence-corrected chi connectivity index (χ1v) is 11.5. The molecule has 2 aromatic heterocycles. The second kappa shape index (κ2) is 8.83. The van der Waals surface area contributed by atoms with Crippen molar-refractivity contribution in [2.45, 2.75) is 19.8 Å². The summed E-state index contributed by atoms with van der Waals surface area (Å²) >= 11 is 5.96. The van der Waals surface area contributed by atoms with Gasteiger partial charge in [-0.1, -0.05) is 43.6 Å². The molecule has 33 heavy (non-hydrogen) atoms. The minimum absolute atomic E-state index is 0.0268. The molecule has 0 unspecified atom stereocenters. The van der Waals surface area contributed by atoms with Gasteiger partial charge in [-0.25, -0.2) is 14.6 Å². The Balaban J connectivity index is 1.43. The molecule has 1 saturated heterocycles. The van der Waals surface area contributed by atoms with E-state index in [1.165, 1.54) is 0 Å². The molecule has 0 N–H and O–H groups in total. The number of rotatable bonds is 4. The maximum absolute atomic E-state index is 12.9. The number of hydrogen-bond donors (Lipinski definition) is 0. The number of amides is 1. The molecule has 0 aliphatic carbocycles. The Bertz CT molecular complexity index is 1280. The Hall–Kier alpha value is -3.45. The SMILES string of the molecule is CC(C)c1nc(N2CCN(C(=O)c3ccc(Cl)cc3)CC2)c2cnn(-c3ccccc3)c2n1. The molecule has 1 aliphatic rings. The molecular weight excluding hydrogens is 436 g/mol. The van der Waals surface area contributed by atoms with Crippen LogP contribution in [-0.4, -0.2) is 56.7 Å². The zero-order valence-corrected chi connectivity index (χ0v) is 19.4. The number of halogens is 1. The van der Waals surface area contributed by atoms with E-state index < -0.39 is 0 Å². The fourth-order valence-electron chi connectivity index (χ4n) is 4.06. The van der Waals surface area contributed by atoms with Crippen LogP contribution in [-0.2, 0) is 0 Å². The summed E-state index contributed by atoms with van der Waals surface area (Å²) in [5.41, 5.74) is 2.42. The second-order valence-electron chi connectivity index (χ2n) is 8.48. The summed E-state index contributed by atoms with van der Waals surface area (Å²) in [6, 6.07) is 17.1. The lowest BCUT2D eigenvalue weighted by atomic mass is 10.1. The van der Waals surface area contributed by atoms with E-state index in [0.29, 0.717) is 36.8 Å². The van der Waals surface area contributed by atoms with Gasteiger partial charge < -0.3 is 9.80 Å². The number of anilines is 1. The smallest absolute Gasteiger partial charge is 0.253 e. The van der Waals surface area contributed by atoms with Gasteiger partial charge in [0.2, 0.25) is 0 Å². The Morgan fingerprint density at radius 1 is 0.939 bits per heavy atom. The van der Waals surface area contributed by atoms with Gasteiger partial charge in [0.15, 0.2) is 5.65 Å². The number of nitrogens with zero attached hydrogens (tertiary/aromatic N) is 6. The molecule has 1 aliphatic heterocycles. The van der Waals surface area contributed by atoms with Crippen molar-refractivity contribution in [1.29, 1.82) is 0 Å². The molecule has 0 bridgehead atoms. The first-order chi connectivity index (χ1) is 16.0. The van der Waals surface area contributed by atoms with E-state index in [2.05, 4.69) is 23.8 Å². The zero-order chi connectivity index (χ0) is 22.9. The summed E-state index contributed by atoms with van der Waals surface area (Å²) in [7, 11) is 0. The van der Waals surface area contributed by atoms with E-state index in [0.717, 1.165) is 28.4 Å². The van der Waals surface area contributed by atoms with Crippen molar-refractivity contribution in [3.05, 3.63) is 77.2 Å². The summed E-state index contributed by atoms with van der Waals surface area (Å²) in [4.78, 5) is 26.8. The van der Waals surface area contributed by atoms with Crippen molar-refractivity contribution in [1.82, 2.24) is 24.6 Å². The lowest BCUT2D eigenvalue weighted by molar-refractivity contribution is 0.0746. The number of carbonyl (C=O) groups is 1. The Labute approximate surface area is 197 Å². The highest BCUT2D eigenvalue weighted by molar-refractivity contribution is 6.30. The summed E-state index contributed by atoms with van der Waals surface area (Å²) < 4.78 is 1.87. The molecule has 7 nitrogen and oxygen atoms in total. The summed E-state index contributed by atoms with van der Waals surface area (Å²) in [6.07, 6.45) is 1.84. The molecule has 168 valence electrons. The second-order valence-corrected chi connectivity index (χ2v) is 8.91. The Morgan fingerprint density at radius 2 is 1.64 bits per heavy atom. The monoisotopic (exact) mass is 460 g/mol. The van der Waals surface area contributed by atoms with Gasteiger partial charge in [-0.2, -0.15) is 5.10 Å². The molecule has 4 aromatic rings. The van der Waals surface area contributed by atoms with Crippen LogP contribution < -0.4 is 4.90 Å². The lowest BCUT2D eigenvalue weighted by Crippen LogP contribution is -2.49. The highest BCUT2D eigenvalue weighted by Gasteiger charge is 2.26. The predicted octanol–water partition coefficient (Wildman–Crippen LogP) is 4.55. The van der Waals surface area contributed by atoms with Gasteiger partial charge >= 0.3 is 0 Å². The molecule has 8 heteroatoms. The van der Waals surface area contributed by atoms with Crippen LogP contribution in [0, 0.1) is 0 Å². The molecule has 0 radical (unpaired) electrons. The predicted molar refractivity (Wildman–Crippen MR) is 130 cm³/mol. The van der Waals surface area contributed by atoms with Crippen molar-refractivity contribution in [3.8, 4) is 5.69 Å². The third-order valence-electron chi connectivity index (χ3n) is 5.90. The molecule has 0 atom stereocenters. The van der Waals surface area contributed by atoms with Crippen molar-refractivity contribution in [2.75, 3.05) is 31.1 Å². The van der Waals surface area contributed by atoms with Crippen LogP contribution in [0.15, 0.2) is 60.8 Å².